The molecule has 0 radical (unpaired) electrons. The highest BCUT2D eigenvalue weighted by Crippen LogP contribution is 2.19. The van der Waals surface area contributed by atoms with Gasteiger partial charge in [0, 0.05) is 24.3 Å². The van der Waals surface area contributed by atoms with Crippen molar-refractivity contribution >= 4 is 11.5 Å². The Bertz CT molecular complexity index is 626. The maximum atomic E-state index is 13.0. The second kappa shape index (κ2) is 6.74. The lowest BCUT2D eigenvalue weighted by Gasteiger charge is -2.24. The van der Waals surface area contributed by atoms with Crippen molar-refractivity contribution in [3.63, 3.8) is 0 Å². The minimum Gasteiger partial charge on any atom is -0.409 e. The molecule has 2 rings (SSSR count). The number of nitrogens with zero attached hydrogens (tertiary/aromatic N) is 2. The van der Waals surface area contributed by atoms with Crippen LogP contribution in [0.15, 0.2) is 53.7 Å². The molecular weight excluding hydrogens is 269 g/mol. The predicted octanol–water partition coefficient (Wildman–Crippen LogP) is 2.95. The largest absolute Gasteiger partial charge is 0.409 e. The number of hydrogen-bond donors (Lipinski definition) is 2. The third-order valence-electron chi connectivity index (χ3n) is 3.34. The number of hydrogen-bond acceptors (Lipinski definition) is 3. The highest BCUT2D eigenvalue weighted by molar-refractivity contribution is 5.98. The molecule has 0 aliphatic rings. The molecule has 0 atom stereocenters. The molecule has 0 aliphatic carbocycles. The first kappa shape index (κ1) is 14.8. The normalized spacial score (nSPS) is 11.4. The molecule has 0 unspecified atom stereocenters. The number of anilines is 1. The van der Waals surface area contributed by atoms with Crippen molar-refractivity contribution in [3.8, 4) is 0 Å². The first-order valence-corrected chi connectivity index (χ1v) is 6.72. The van der Waals surface area contributed by atoms with Crippen LogP contribution in [0.5, 0.6) is 0 Å². The van der Waals surface area contributed by atoms with Gasteiger partial charge in [0.25, 0.3) is 0 Å². The summed E-state index contributed by atoms with van der Waals surface area (Å²) in [7, 11) is 0. The molecule has 0 aromatic heterocycles. The molecule has 2 aromatic rings. The van der Waals surface area contributed by atoms with Crippen LogP contribution < -0.4 is 10.6 Å². The van der Waals surface area contributed by atoms with Gasteiger partial charge in [-0.3, -0.25) is 0 Å². The van der Waals surface area contributed by atoms with Gasteiger partial charge < -0.3 is 15.8 Å². The van der Waals surface area contributed by atoms with Crippen LogP contribution in [0.1, 0.15) is 18.1 Å². The van der Waals surface area contributed by atoms with E-state index in [-0.39, 0.29) is 11.7 Å². The number of rotatable bonds is 5. The van der Waals surface area contributed by atoms with E-state index in [4.69, 9.17) is 10.9 Å². The van der Waals surface area contributed by atoms with Gasteiger partial charge in [0.1, 0.15) is 5.82 Å². The molecule has 0 amide bonds. The van der Waals surface area contributed by atoms with Gasteiger partial charge in [-0.15, -0.1) is 0 Å². The highest BCUT2D eigenvalue weighted by Gasteiger charge is 2.11. The summed E-state index contributed by atoms with van der Waals surface area (Å²) in [5.74, 6) is -0.173. The molecule has 0 spiro atoms. The lowest BCUT2D eigenvalue weighted by Crippen LogP contribution is -2.24. The Kier molecular flexibility index (Phi) is 4.77. The minimum atomic E-state index is -0.258. The van der Waals surface area contributed by atoms with Crippen molar-refractivity contribution in [2.24, 2.45) is 10.9 Å². The first-order chi connectivity index (χ1) is 10.2. The zero-order valence-electron chi connectivity index (χ0n) is 11.8. The third-order valence-corrected chi connectivity index (χ3v) is 3.34. The lowest BCUT2D eigenvalue weighted by molar-refractivity contribution is 0.318. The van der Waals surface area contributed by atoms with Crippen LogP contribution in [-0.4, -0.2) is 17.6 Å². The molecule has 4 nitrogen and oxygen atoms in total. The van der Waals surface area contributed by atoms with E-state index in [1.165, 1.54) is 12.1 Å². The number of oxime groups is 1. The van der Waals surface area contributed by atoms with E-state index in [0.29, 0.717) is 12.1 Å². The Morgan fingerprint density at radius 3 is 2.48 bits per heavy atom. The number of nitrogens with two attached hydrogens (primary N) is 1. The van der Waals surface area contributed by atoms with Crippen molar-refractivity contribution in [3.05, 3.63) is 65.5 Å². The molecule has 5 heteroatoms. The van der Waals surface area contributed by atoms with E-state index in [0.717, 1.165) is 17.8 Å². The summed E-state index contributed by atoms with van der Waals surface area (Å²) < 4.78 is 13.0. The van der Waals surface area contributed by atoms with E-state index in [2.05, 4.69) is 10.1 Å². The van der Waals surface area contributed by atoms with Crippen molar-refractivity contribution in [2.45, 2.75) is 13.5 Å². The summed E-state index contributed by atoms with van der Waals surface area (Å²) in [6.07, 6.45) is 0. The van der Waals surface area contributed by atoms with Gasteiger partial charge in [0.2, 0.25) is 0 Å². The molecule has 2 aromatic carbocycles. The van der Waals surface area contributed by atoms with E-state index in [1.807, 2.05) is 31.2 Å². The molecule has 0 heterocycles. The SMILES string of the molecule is CCN(Cc1ccccc1C(N)=NO)c1ccc(F)cc1. The van der Waals surface area contributed by atoms with Crippen LogP contribution in [0.3, 0.4) is 0 Å². The Balaban J connectivity index is 2.29. The van der Waals surface area contributed by atoms with Crippen LogP contribution >= 0.6 is 0 Å². The Morgan fingerprint density at radius 2 is 1.86 bits per heavy atom. The second-order valence-corrected chi connectivity index (χ2v) is 4.63. The molecule has 0 saturated heterocycles. The fourth-order valence-electron chi connectivity index (χ4n) is 2.21. The number of amidine groups is 1. The topological polar surface area (TPSA) is 61.8 Å². The van der Waals surface area contributed by atoms with Gasteiger partial charge in [0.15, 0.2) is 5.84 Å². The number of halogens is 1. The monoisotopic (exact) mass is 287 g/mol. The smallest absolute Gasteiger partial charge is 0.170 e. The third kappa shape index (κ3) is 3.51. The van der Waals surface area contributed by atoms with Crippen molar-refractivity contribution in [2.75, 3.05) is 11.4 Å². The van der Waals surface area contributed by atoms with Crippen LogP contribution in [0.2, 0.25) is 0 Å². The predicted molar refractivity (Wildman–Crippen MR) is 82.1 cm³/mol. The molecule has 21 heavy (non-hydrogen) atoms. The lowest BCUT2D eigenvalue weighted by atomic mass is 10.1. The summed E-state index contributed by atoms with van der Waals surface area (Å²) in [5, 5.41) is 11.9. The molecule has 110 valence electrons. The second-order valence-electron chi connectivity index (χ2n) is 4.63. The van der Waals surface area contributed by atoms with Gasteiger partial charge in [-0.25, -0.2) is 4.39 Å². The maximum Gasteiger partial charge on any atom is 0.170 e. The van der Waals surface area contributed by atoms with E-state index in [9.17, 15) is 4.39 Å². The number of benzene rings is 2. The van der Waals surface area contributed by atoms with Crippen molar-refractivity contribution in [1.29, 1.82) is 0 Å². The van der Waals surface area contributed by atoms with E-state index in [1.54, 1.807) is 12.1 Å². The molecule has 3 N–H and O–H groups in total. The zero-order valence-corrected chi connectivity index (χ0v) is 11.8. The van der Waals surface area contributed by atoms with Gasteiger partial charge in [0.05, 0.1) is 0 Å². The van der Waals surface area contributed by atoms with Crippen molar-refractivity contribution < 1.29 is 9.60 Å². The van der Waals surface area contributed by atoms with Crippen LogP contribution in [0, 0.1) is 5.82 Å². The average Bonchev–Trinajstić information content (AvgIpc) is 2.53. The van der Waals surface area contributed by atoms with Gasteiger partial charge >= 0.3 is 0 Å². The minimum absolute atomic E-state index is 0.0840. The molecular formula is C16H18FN3O. The van der Waals surface area contributed by atoms with Gasteiger partial charge in [-0.05, 0) is 36.8 Å². The van der Waals surface area contributed by atoms with Gasteiger partial charge in [-0.2, -0.15) is 0 Å². The summed E-state index contributed by atoms with van der Waals surface area (Å²) >= 11 is 0. The van der Waals surface area contributed by atoms with Gasteiger partial charge in [-0.1, -0.05) is 29.4 Å². The highest BCUT2D eigenvalue weighted by atomic mass is 19.1. The van der Waals surface area contributed by atoms with E-state index < -0.39 is 0 Å². The molecule has 0 aliphatic heterocycles. The Morgan fingerprint density at radius 1 is 1.19 bits per heavy atom. The Labute approximate surface area is 123 Å². The van der Waals surface area contributed by atoms with Crippen LogP contribution in [0.4, 0.5) is 10.1 Å². The molecule has 0 bridgehead atoms. The van der Waals surface area contributed by atoms with Crippen LogP contribution in [0.25, 0.3) is 0 Å². The first-order valence-electron chi connectivity index (χ1n) is 6.72. The summed E-state index contributed by atoms with van der Waals surface area (Å²) in [5.41, 5.74) is 8.27. The maximum absolute atomic E-state index is 13.0. The van der Waals surface area contributed by atoms with Crippen molar-refractivity contribution in [1.82, 2.24) is 0 Å². The quantitative estimate of drug-likeness (QED) is 0.385. The standard InChI is InChI=1S/C16H18FN3O/c1-2-20(14-9-7-13(17)8-10-14)11-12-5-3-4-6-15(12)16(18)19-21/h3-10,21H,2,11H2,1H3,(H2,18,19). The average molecular weight is 287 g/mol. The molecule has 0 fully saturated rings. The Hall–Kier alpha value is -2.56. The zero-order chi connectivity index (χ0) is 15.2. The van der Waals surface area contributed by atoms with E-state index >= 15 is 0 Å². The fraction of sp³-hybridized carbons (Fsp3) is 0.188. The van der Waals surface area contributed by atoms with Crippen LogP contribution in [-0.2, 0) is 6.54 Å². The summed E-state index contributed by atoms with van der Waals surface area (Å²) in [6, 6.07) is 13.8. The molecule has 0 saturated carbocycles. The fourth-order valence-corrected chi connectivity index (χ4v) is 2.21. The summed E-state index contributed by atoms with van der Waals surface area (Å²) in [6.45, 7) is 3.38. The summed E-state index contributed by atoms with van der Waals surface area (Å²) in [4.78, 5) is 2.09.